The summed E-state index contributed by atoms with van der Waals surface area (Å²) in [7, 11) is -3.04. The molecule has 0 saturated heterocycles. The van der Waals surface area contributed by atoms with Crippen molar-refractivity contribution in [1.29, 1.82) is 0 Å². The zero-order valence-electron chi connectivity index (χ0n) is 18.2. The Bertz CT molecular complexity index is 438. The number of hydrogen-bond acceptors (Lipinski definition) is 3. The molecule has 0 N–H and O–H groups in total. The van der Waals surface area contributed by atoms with Crippen LogP contribution in [0.2, 0.25) is 0 Å². The normalized spacial score (nSPS) is 36.7. The molecular weight excluding hydrogens is 343 g/mol. The zero-order chi connectivity index (χ0) is 19.5. The highest BCUT2D eigenvalue weighted by atomic mass is 31.2. The molecule has 0 spiro atoms. The van der Waals surface area contributed by atoms with Gasteiger partial charge >= 0.3 is 7.60 Å². The average Bonchev–Trinajstić information content (AvgIpc) is 2.54. The molecule has 154 valence electrons. The van der Waals surface area contributed by atoms with Crippen LogP contribution in [0.5, 0.6) is 0 Å². The van der Waals surface area contributed by atoms with Crippen molar-refractivity contribution in [2.45, 2.75) is 99.2 Å². The quantitative estimate of drug-likeness (QED) is 0.436. The molecule has 3 nitrogen and oxygen atoms in total. The van der Waals surface area contributed by atoms with Gasteiger partial charge in [-0.05, 0) is 61.2 Å². The SMILES string of the molecule is CCP(=O)(O[C@@H]1C[C@H](C)CC[C@H]1C(C)C)O[C@@H]1C[C@H](C)CC[C@H]1C(C)C. The number of rotatable bonds is 7. The van der Waals surface area contributed by atoms with E-state index in [0.29, 0.717) is 41.7 Å². The lowest BCUT2D eigenvalue weighted by Gasteiger charge is -2.41. The second-order valence-electron chi connectivity index (χ2n) is 9.87. The van der Waals surface area contributed by atoms with Gasteiger partial charge in [-0.2, -0.15) is 0 Å². The summed E-state index contributed by atoms with van der Waals surface area (Å²) in [5.74, 6) is 3.44. The van der Waals surface area contributed by atoms with Gasteiger partial charge in [0.05, 0.1) is 12.2 Å². The lowest BCUT2D eigenvalue weighted by molar-refractivity contribution is -0.00313. The van der Waals surface area contributed by atoms with E-state index in [1.54, 1.807) is 0 Å². The molecule has 2 rings (SSSR count). The van der Waals surface area contributed by atoms with Gasteiger partial charge in [-0.15, -0.1) is 0 Å². The molecule has 0 aromatic heterocycles. The van der Waals surface area contributed by atoms with Gasteiger partial charge in [0.1, 0.15) is 0 Å². The van der Waals surface area contributed by atoms with Gasteiger partial charge in [0.25, 0.3) is 0 Å². The molecule has 0 aromatic rings. The second-order valence-corrected chi connectivity index (χ2v) is 12.1. The van der Waals surface area contributed by atoms with Crippen LogP contribution in [0.1, 0.15) is 87.0 Å². The molecule has 2 aliphatic rings. The van der Waals surface area contributed by atoms with Gasteiger partial charge in [0.15, 0.2) is 0 Å². The van der Waals surface area contributed by atoms with Crippen molar-refractivity contribution >= 4 is 7.60 Å². The molecule has 0 unspecified atom stereocenters. The third kappa shape index (κ3) is 5.82. The summed E-state index contributed by atoms with van der Waals surface area (Å²) < 4.78 is 26.4. The van der Waals surface area contributed by atoms with Crippen molar-refractivity contribution in [1.82, 2.24) is 0 Å². The predicted octanol–water partition coefficient (Wildman–Crippen LogP) is 7.15. The minimum Gasteiger partial charge on any atom is -0.305 e. The van der Waals surface area contributed by atoms with Crippen molar-refractivity contribution in [2.75, 3.05) is 6.16 Å². The lowest BCUT2D eigenvalue weighted by Crippen LogP contribution is -2.36. The largest absolute Gasteiger partial charge is 0.330 e. The van der Waals surface area contributed by atoms with Crippen LogP contribution in [0.4, 0.5) is 0 Å². The average molecular weight is 387 g/mol. The standard InChI is InChI=1S/C22H43O3P/c1-8-26(23,24-21-13-17(6)9-11-19(21)15(2)3)25-22-14-18(7)10-12-20(22)16(4)5/h15-22H,8-14H2,1-7H3/t17-,18-,19+,20+,21-,22-/m1/s1. The fourth-order valence-corrected chi connectivity index (χ4v) is 6.72. The lowest BCUT2D eigenvalue weighted by atomic mass is 9.75. The highest BCUT2D eigenvalue weighted by molar-refractivity contribution is 7.53. The smallest absolute Gasteiger partial charge is 0.305 e. The molecular formula is C22H43O3P. The molecule has 4 heteroatoms. The molecule has 6 atom stereocenters. The monoisotopic (exact) mass is 386 g/mol. The molecule has 0 aromatic carbocycles. The first kappa shape index (κ1) is 22.4. The Hall–Kier alpha value is 0.150. The Labute approximate surface area is 162 Å². The molecule has 0 radical (unpaired) electrons. The fourth-order valence-electron chi connectivity index (χ4n) is 5.06. The predicted molar refractivity (Wildman–Crippen MR) is 111 cm³/mol. The summed E-state index contributed by atoms with van der Waals surface area (Å²) in [4.78, 5) is 0. The van der Waals surface area contributed by atoms with Crippen LogP contribution in [-0.4, -0.2) is 18.4 Å². The van der Waals surface area contributed by atoms with E-state index in [9.17, 15) is 4.57 Å². The Morgan fingerprint density at radius 1 is 0.808 bits per heavy atom. The van der Waals surface area contributed by atoms with Crippen molar-refractivity contribution in [3.63, 3.8) is 0 Å². The van der Waals surface area contributed by atoms with Gasteiger partial charge in [0.2, 0.25) is 0 Å². The van der Waals surface area contributed by atoms with E-state index < -0.39 is 7.60 Å². The third-order valence-corrected chi connectivity index (χ3v) is 8.86. The van der Waals surface area contributed by atoms with Crippen LogP contribution >= 0.6 is 7.60 Å². The van der Waals surface area contributed by atoms with E-state index >= 15 is 0 Å². The molecule has 26 heavy (non-hydrogen) atoms. The minimum absolute atomic E-state index is 0.0862. The molecule has 0 amide bonds. The van der Waals surface area contributed by atoms with E-state index in [0.717, 1.165) is 12.8 Å². The summed E-state index contributed by atoms with van der Waals surface area (Å²) in [6.07, 6.45) is 7.58. The summed E-state index contributed by atoms with van der Waals surface area (Å²) >= 11 is 0. The summed E-state index contributed by atoms with van der Waals surface area (Å²) in [6, 6.07) is 0. The van der Waals surface area contributed by atoms with Crippen LogP contribution in [0.25, 0.3) is 0 Å². The van der Waals surface area contributed by atoms with Gasteiger partial charge in [-0.3, -0.25) is 4.57 Å². The van der Waals surface area contributed by atoms with Crippen LogP contribution in [-0.2, 0) is 13.6 Å². The van der Waals surface area contributed by atoms with Crippen LogP contribution < -0.4 is 0 Å². The Balaban J connectivity index is 2.11. The van der Waals surface area contributed by atoms with E-state index in [1.165, 1.54) is 25.7 Å². The van der Waals surface area contributed by atoms with Crippen LogP contribution in [0, 0.1) is 35.5 Å². The van der Waals surface area contributed by atoms with E-state index in [2.05, 4.69) is 41.5 Å². The van der Waals surface area contributed by atoms with Gasteiger partial charge in [-0.25, -0.2) is 0 Å². The first-order valence-electron chi connectivity index (χ1n) is 11.1. The molecule has 2 fully saturated rings. The molecule has 2 saturated carbocycles. The first-order chi connectivity index (χ1) is 12.1. The molecule has 0 heterocycles. The summed E-state index contributed by atoms with van der Waals surface area (Å²) in [5.41, 5.74) is 0. The third-order valence-electron chi connectivity index (χ3n) is 6.90. The zero-order valence-corrected chi connectivity index (χ0v) is 19.1. The molecule has 2 aliphatic carbocycles. The Morgan fingerprint density at radius 3 is 1.50 bits per heavy atom. The Morgan fingerprint density at radius 2 is 1.19 bits per heavy atom. The van der Waals surface area contributed by atoms with E-state index in [-0.39, 0.29) is 12.2 Å². The second kappa shape index (κ2) is 9.57. The summed E-state index contributed by atoms with van der Waals surface area (Å²) in [5, 5.41) is 0. The maximum absolute atomic E-state index is 13.6. The molecule has 0 aliphatic heterocycles. The van der Waals surface area contributed by atoms with Crippen molar-refractivity contribution in [3.8, 4) is 0 Å². The van der Waals surface area contributed by atoms with Crippen molar-refractivity contribution in [3.05, 3.63) is 0 Å². The first-order valence-corrected chi connectivity index (χ1v) is 12.8. The van der Waals surface area contributed by atoms with Crippen molar-refractivity contribution in [2.24, 2.45) is 35.5 Å². The molecule has 0 bridgehead atoms. The fraction of sp³-hybridized carbons (Fsp3) is 1.00. The highest BCUT2D eigenvalue weighted by Gasteiger charge is 2.41. The van der Waals surface area contributed by atoms with Gasteiger partial charge in [0, 0.05) is 6.16 Å². The van der Waals surface area contributed by atoms with Crippen LogP contribution in [0.3, 0.4) is 0 Å². The van der Waals surface area contributed by atoms with E-state index in [4.69, 9.17) is 9.05 Å². The van der Waals surface area contributed by atoms with Gasteiger partial charge in [-0.1, -0.05) is 61.3 Å². The maximum atomic E-state index is 13.6. The highest BCUT2D eigenvalue weighted by Crippen LogP contribution is 2.55. The van der Waals surface area contributed by atoms with Crippen molar-refractivity contribution < 1.29 is 13.6 Å². The maximum Gasteiger partial charge on any atom is 0.330 e. The summed E-state index contributed by atoms with van der Waals surface area (Å²) in [6.45, 7) is 15.6. The Kier molecular flexibility index (Phi) is 8.26. The van der Waals surface area contributed by atoms with Gasteiger partial charge < -0.3 is 9.05 Å². The van der Waals surface area contributed by atoms with Crippen LogP contribution in [0.15, 0.2) is 0 Å². The van der Waals surface area contributed by atoms with E-state index in [1.807, 2.05) is 6.92 Å². The topological polar surface area (TPSA) is 35.5 Å². The number of hydrogen-bond donors (Lipinski definition) is 0. The minimum atomic E-state index is -3.04.